The number of hydrogen-bond acceptors (Lipinski definition) is 3. The fraction of sp³-hybridized carbons (Fsp3) is 0.545. The number of allylic oxidation sites excluding steroid dienone is 2. The second-order valence-corrected chi connectivity index (χ2v) is 3.07. The second kappa shape index (κ2) is 7.18. The second-order valence-electron chi connectivity index (χ2n) is 3.07. The number of hydrogen-bond donors (Lipinski definition) is 0. The molecule has 0 aromatic heterocycles. The lowest BCUT2D eigenvalue weighted by molar-refractivity contribution is -0.138. The third-order valence-electron chi connectivity index (χ3n) is 1.60. The Kier molecular flexibility index (Phi) is 6.54. The summed E-state index contributed by atoms with van der Waals surface area (Å²) in [6.45, 7) is 4.17. The van der Waals surface area contributed by atoms with Crippen LogP contribution in [0.1, 0.15) is 20.3 Å². The number of ether oxygens (including phenoxy) is 1. The van der Waals surface area contributed by atoms with E-state index in [1.165, 1.54) is 0 Å². The summed E-state index contributed by atoms with van der Waals surface area (Å²) in [5.41, 5.74) is 0.699. The standard InChI is InChI=1S/C11H19NO2/c1-5-10(11(13)14-6-2)8-7-9-12(3)4/h7-9H,5-6H2,1-4H3. The van der Waals surface area contributed by atoms with Gasteiger partial charge in [-0.3, -0.25) is 0 Å². The molecule has 0 aliphatic carbocycles. The molecule has 0 fully saturated rings. The van der Waals surface area contributed by atoms with Crippen molar-refractivity contribution in [3.05, 3.63) is 23.9 Å². The van der Waals surface area contributed by atoms with Crippen molar-refractivity contribution in [2.24, 2.45) is 0 Å². The van der Waals surface area contributed by atoms with Crippen molar-refractivity contribution in [2.45, 2.75) is 20.3 Å². The molecule has 0 aromatic carbocycles. The normalized spacial score (nSPS) is 11.9. The third kappa shape index (κ3) is 5.41. The fourth-order valence-electron chi connectivity index (χ4n) is 0.885. The van der Waals surface area contributed by atoms with Crippen molar-refractivity contribution in [1.29, 1.82) is 0 Å². The van der Waals surface area contributed by atoms with Crippen LogP contribution >= 0.6 is 0 Å². The average molecular weight is 197 g/mol. The van der Waals surface area contributed by atoms with Crippen LogP contribution in [0.4, 0.5) is 0 Å². The van der Waals surface area contributed by atoms with E-state index in [0.29, 0.717) is 18.6 Å². The summed E-state index contributed by atoms with van der Waals surface area (Å²) in [5.74, 6) is -0.224. The molecular formula is C11H19NO2. The Hall–Kier alpha value is -1.25. The SMILES string of the molecule is CCOC(=O)C(=CC=CN(C)C)CC. The quantitative estimate of drug-likeness (QED) is 0.383. The summed E-state index contributed by atoms with van der Waals surface area (Å²) >= 11 is 0. The minimum absolute atomic E-state index is 0.224. The van der Waals surface area contributed by atoms with Gasteiger partial charge in [0.25, 0.3) is 0 Å². The summed E-state index contributed by atoms with van der Waals surface area (Å²) in [6.07, 6.45) is 6.21. The Morgan fingerprint density at radius 2 is 2.00 bits per heavy atom. The van der Waals surface area contributed by atoms with Gasteiger partial charge in [-0.25, -0.2) is 4.79 Å². The molecule has 14 heavy (non-hydrogen) atoms. The van der Waals surface area contributed by atoms with Crippen molar-refractivity contribution >= 4 is 5.97 Å². The molecule has 0 aromatic rings. The molecule has 0 rings (SSSR count). The van der Waals surface area contributed by atoms with E-state index in [4.69, 9.17) is 4.74 Å². The number of carbonyl (C=O) groups is 1. The molecule has 0 unspecified atom stereocenters. The highest BCUT2D eigenvalue weighted by atomic mass is 16.5. The molecular weight excluding hydrogens is 178 g/mol. The number of rotatable bonds is 5. The van der Waals surface area contributed by atoms with Crippen LogP contribution in [0.2, 0.25) is 0 Å². The topological polar surface area (TPSA) is 29.5 Å². The van der Waals surface area contributed by atoms with Crippen LogP contribution in [0.15, 0.2) is 23.9 Å². The maximum absolute atomic E-state index is 11.3. The van der Waals surface area contributed by atoms with Crippen LogP contribution in [0.3, 0.4) is 0 Å². The molecule has 0 radical (unpaired) electrons. The predicted octanol–water partition coefficient (Wildman–Crippen LogP) is 1.96. The van der Waals surface area contributed by atoms with Gasteiger partial charge in [0.2, 0.25) is 0 Å². The van der Waals surface area contributed by atoms with Crippen LogP contribution in [0, 0.1) is 0 Å². The van der Waals surface area contributed by atoms with E-state index >= 15 is 0 Å². The zero-order valence-corrected chi connectivity index (χ0v) is 9.41. The highest BCUT2D eigenvalue weighted by Gasteiger charge is 2.05. The Morgan fingerprint density at radius 3 is 2.43 bits per heavy atom. The molecule has 0 N–H and O–H groups in total. The molecule has 0 saturated heterocycles. The molecule has 0 amide bonds. The first kappa shape index (κ1) is 12.8. The minimum Gasteiger partial charge on any atom is -0.463 e. The van der Waals surface area contributed by atoms with E-state index < -0.39 is 0 Å². The maximum Gasteiger partial charge on any atom is 0.333 e. The van der Waals surface area contributed by atoms with E-state index in [2.05, 4.69) is 0 Å². The predicted molar refractivity (Wildman–Crippen MR) is 57.8 cm³/mol. The highest BCUT2D eigenvalue weighted by Crippen LogP contribution is 2.03. The zero-order valence-electron chi connectivity index (χ0n) is 9.41. The smallest absolute Gasteiger partial charge is 0.333 e. The van der Waals surface area contributed by atoms with E-state index in [0.717, 1.165) is 0 Å². The Morgan fingerprint density at radius 1 is 1.36 bits per heavy atom. The molecule has 80 valence electrons. The van der Waals surface area contributed by atoms with E-state index in [9.17, 15) is 4.79 Å². The number of esters is 1. The number of nitrogens with zero attached hydrogens (tertiary/aromatic N) is 1. The lowest BCUT2D eigenvalue weighted by atomic mass is 10.2. The summed E-state index contributed by atoms with van der Waals surface area (Å²) in [7, 11) is 3.86. The monoisotopic (exact) mass is 197 g/mol. The van der Waals surface area contributed by atoms with Crippen LogP contribution in [0.25, 0.3) is 0 Å². The molecule has 0 bridgehead atoms. The van der Waals surface area contributed by atoms with Gasteiger partial charge in [0, 0.05) is 19.7 Å². The van der Waals surface area contributed by atoms with Gasteiger partial charge in [-0.05, 0) is 25.6 Å². The van der Waals surface area contributed by atoms with Crippen LogP contribution in [0.5, 0.6) is 0 Å². The minimum atomic E-state index is -0.224. The zero-order chi connectivity index (χ0) is 11.0. The summed E-state index contributed by atoms with van der Waals surface area (Å²) in [4.78, 5) is 13.2. The van der Waals surface area contributed by atoms with Crippen molar-refractivity contribution in [2.75, 3.05) is 20.7 Å². The van der Waals surface area contributed by atoms with Crippen LogP contribution in [-0.4, -0.2) is 31.6 Å². The van der Waals surface area contributed by atoms with Crippen LogP contribution < -0.4 is 0 Å². The van der Waals surface area contributed by atoms with Crippen molar-refractivity contribution in [1.82, 2.24) is 4.90 Å². The summed E-state index contributed by atoms with van der Waals surface area (Å²) in [6, 6.07) is 0. The molecule has 0 aliphatic rings. The molecule has 0 saturated carbocycles. The van der Waals surface area contributed by atoms with Gasteiger partial charge in [-0.1, -0.05) is 13.0 Å². The first-order chi connectivity index (χ1) is 6.61. The molecule has 3 heteroatoms. The van der Waals surface area contributed by atoms with Gasteiger partial charge >= 0.3 is 5.97 Å². The highest BCUT2D eigenvalue weighted by molar-refractivity contribution is 5.88. The Balaban J connectivity index is 4.32. The van der Waals surface area contributed by atoms with Gasteiger partial charge in [-0.15, -0.1) is 0 Å². The van der Waals surface area contributed by atoms with E-state index in [1.807, 2.05) is 38.2 Å². The van der Waals surface area contributed by atoms with Gasteiger partial charge in [0.05, 0.1) is 6.61 Å². The average Bonchev–Trinajstić information content (AvgIpc) is 2.12. The Bertz CT molecular complexity index is 229. The van der Waals surface area contributed by atoms with Gasteiger partial charge in [0.15, 0.2) is 0 Å². The molecule has 0 aliphatic heterocycles. The number of carbonyl (C=O) groups excluding carboxylic acids is 1. The van der Waals surface area contributed by atoms with Gasteiger partial charge in [0.1, 0.15) is 0 Å². The molecule has 0 spiro atoms. The lowest BCUT2D eigenvalue weighted by Gasteiger charge is -2.04. The van der Waals surface area contributed by atoms with E-state index in [1.54, 1.807) is 13.0 Å². The van der Waals surface area contributed by atoms with E-state index in [-0.39, 0.29) is 5.97 Å². The van der Waals surface area contributed by atoms with Crippen LogP contribution in [-0.2, 0) is 9.53 Å². The molecule has 3 nitrogen and oxygen atoms in total. The summed E-state index contributed by atoms with van der Waals surface area (Å²) in [5, 5.41) is 0. The van der Waals surface area contributed by atoms with Gasteiger partial charge < -0.3 is 9.64 Å². The largest absolute Gasteiger partial charge is 0.463 e. The Labute approximate surface area is 86.0 Å². The molecule has 0 heterocycles. The maximum atomic E-state index is 11.3. The van der Waals surface area contributed by atoms with Crippen molar-refractivity contribution < 1.29 is 9.53 Å². The van der Waals surface area contributed by atoms with Crippen molar-refractivity contribution in [3.8, 4) is 0 Å². The fourth-order valence-corrected chi connectivity index (χ4v) is 0.885. The van der Waals surface area contributed by atoms with Crippen molar-refractivity contribution in [3.63, 3.8) is 0 Å². The van der Waals surface area contributed by atoms with Gasteiger partial charge in [-0.2, -0.15) is 0 Å². The summed E-state index contributed by atoms with van der Waals surface area (Å²) < 4.78 is 4.90. The third-order valence-corrected chi connectivity index (χ3v) is 1.60. The first-order valence-electron chi connectivity index (χ1n) is 4.82. The first-order valence-corrected chi connectivity index (χ1v) is 4.82. The lowest BCUT2D eigenvalue weighted by Crippen LogP contribution is -2.06. The molecule has 0 atom stereocenters.